The highest BCUT2D eigenvalue weighted by atomic mass is 16.5. The van der Waals surface area contributed by atoms with Crippen molar-refractivity contribution < 1.29 is 24.2 Å². The van der Waals surface area contributed by atoms with E-state index in [9.17, 15) is 14.4 Å². The van der Waals surface area contributed by atoms with E-state index in [1.807, 2.05) is 24.3 Å². The summed E-state index contributed by atoms with van der Waals surface area (Å²) in [7, 11) is 0. The molecule has 2 fully saturated rings. The number of carboxylic acids is 1. The fourth-order valence-electron chi connectivity index (χ4n) is 5.39. The number of hydrogen-bond donors (Lipinski definition) is 3. The Bertz CT molecular complexity index is 1040. The number of alkyl carbamates (subject to hydrolysis) is 1. The average Bonchev–Trinajstić information content (AvgIpc) is 3.07. The summed E-state index contributed by atoms with van der Waals surface area (Å²) in [5, 5.41) is 14.9. The SMILES string of the molecule is O=C(CC(NC(=O)OCC1c2ccccc2-c2ccccc21)C1CCC1)NC1CC(C(=O)O)C1. The molecule has 0 heterocycles. The second kappa shape index (κ2) is 9.49. The molecule has 3 aliphatic carbocycles. The highest BCUT2D eigenvalue weighted by Gasteiger charge is 2.37. The van der Waals surface area contributed by atoms with Gasteiger partial charge >= 0.3 is 12.1 Å². The summed E-state index contributed by atoms with van der Waals surface area (Å²) in [5.41, 5.74) is 4.67. The molecule has 1 atom stereocenters. The van der Waals surface area contributed by atoms with Crippen LogP contribution < -0.4 is 10.6 Å². The molecule has 2 aromatic rings. The lowest BCUT2D eigenvalue weighted by molar-refractivity contribution is -0.146. The van der Waals surface area contributed by atoms with Crippen LogP contribution >= 0.6 is 0 Å². The van der Waals surface area contributed by atoms with Gasteiger partial charge in [-0.25, -0.2) is 4.79 Å². The smallest absolute Gasteiger partial charge is 0.407 e. The van der Waals surface area contributed by atoms with Crippen LogP contribution in [0.25, 0.3) is 11.1 Å². The minimum absolute atomic E-state index is 0.00982. The summed E-state index contributed by atoms with van der Waals surface area (Å²) in [5.74, 6) is -1.07. The van der Waals surface area contributed by atoms with Crippen molar-refractivity contribution in [3.05, 3.63) is 59.7 Å². The van der Waals surface area contributed by atoms with Gasteiger partial charge in [-0.2, -0.15) is 0 Å². The van der Waals surface area contributed by atoms with Crippen molar-refractivity contribution in [3.8, 4) is 11.1 Å². The molecule has 3 aliphatic rings. The van der Waals surface area contributed by atoms with E-state index in [0.29, 0.717) is 12.8 Å². The van der Waals surface area contributed by atoms with Gasteiger partial charge < -0.3 is 20.5 Å². The number of carboxylic acid groups (broad SMARTS) is 1. The zero-order valence-corrected chi connectivity index (χ0v) is 19.0. The summed E-state index contributed by atoms with van der Waals surface area (Å²) in [6, 6.07) is 16.0. The van der Waals surface area contributed by atoms with Crippen LogP contribution in [0, 0.1) is 11.8 Å². The van der Waals surface area contributed by atoms with E-state index in [2.05, 4.69) is 34.9 Å². The van der Waals surface area contributed by atoms with Gasteiger partial charge in [0.1, 0.15) is 6.61 Å². The molecule has 0 aliphatic heterocycles. The molecule has 3 N–H and O–H groups in total. The van der Waals surface area contributed by atoms with Crippen LogP contribution in [-0.2, 0) is 14.3 Å². The largest absolute Gasteiger partial charge is 0.481 e. The normalized spacial score (nSPS) is 21.9. The number of hydrogen-bond acceptors (Lipinski definition) is 4. The Kier molecular flexibility index (Phi) is 6.26. The second-order valence-electron chi connectivity index (χ2n) is 9.74. The molecule has 2 aromatic carbocycles. The van der Waals surface area contributed by atoms with Gasteiger partial charge in [-0.15, -0.1) is 0 Å². The fourth-order valence-corrected chi connectivity index (χ4v) is 5.39. The molecular formula is C27H30N2O5. The summed E-state index contributed by atoms with van der Waals surface area (Å²) < 4.78 is 5.68. The van der Waals surface area contributed by atoms with Gasteiger partial charge in [0, 0.05) is 24.4 Å². The van der Waals surface area contributed by atoms with Crippen molar-refractivity contribution in [2.24, 2.45) is 11.8 Å². The lowest BCUT2D eigenvalue weighted by Crippen LogP contribution is -2.50. The van der Waals surface area contributed by atoms with Crippen molar-refractivity contribution >= 4 is 18.0 Å². The number of fused-ring (bicyclic) bond motifs is 3. The molecule has 0 radical (unpaired) electrons. The number of ether oxygens (including phenoxy) is 1. The van der Waals surface area contributed by atoms with E-state index in [1.54, 1.807) is 0 Å². The van der Waals surface area contributed by atoms with Crippen molar-refractivity contribution in [3.63, 3.8) is 0 Å². The highest BCUT2D eigenvalue weighted by Crippen LogP contribution is 2.44. The molecule has 7 nitrogen and oxygen atoms in total. The Labute approximate surface area is 198 Å². The predicted molar refractivity (Wildman–Crippen MR) is 126 cm³/mol. The zero-order chi connectivity index (χ0) is 23.7. The fraction of sp³-hybridized carbons (Fsp3) is 0.444. The molecule has 5 rings (SSSR count). The van der Waals surface area contributed by atoms with Crippen LogP contribution in [-0.4, -0.2) is 41.8 Å². The Morgan fingerprint density at radius 2 is 1.59 bits per heavy atom. The van der Waals surface area contributed by atoms with E-state index >= 15 is 0 Å². The quantitative estimate of drug-likeness (QED) is 0.549. The predicted octanol–water partition coefficient (Wildman–Crippen LogP) is 4.06. The lowest BCUT2D eigenvalue weighted by Gasteiger charge is -2.36. The third-order valence-electron chi connectivity index (χ3n) is 7.62. The maximum Gasteiger partial charge on any atom is 0.407 e. The number of rotatable bonds is 8. The highest BCUT2D eigenvalue weighted by molar-refractivity contribution is 5.80. The summed E-state index contributed by atoms with van der Waals surface area (Å²) in [6.07, 6.45) is 3.67. The average molecular weight is 463 g/mol. The molecule has 1 unspecified atom stereocenters. The van der Waals surface area contributed by atoms with Crippen LogP contribution in [0.15, 0.2) is 48.5 Å². The van der Waals surface area contributed by atoms with Crippen molar-refractivity contribution in [2.75, 3.05) is 6.61 Å². The van der Waals surface area contributed by atoms with Gasteiger partial charge in [0.2, 0.25) is 5.91 Å². The molecule has 0 bridgehead atoms. The Hall–Kier alpha value is -3.35. The first kappa shape index (κ1) is 22.4. The van der Waals surface area contributed by atoms with Gasteiger partial charge in [0.25, 0.3) is 0 Å². The first-order valence-corrected chi connectivity index (χ1v) is 12.1. The van der Waals surface area contributed by atoms with Gasteiger partial charge in [0.05, 0.1) is 5.92 Å². The molecule has 2 amide bonds. The summed E-state index contributed by atoms with van der Waals surface area (Å²) in [6.45, 7) is 0.238. The van der Waals surface area contributed by atoms with E-state index in [1.165, 1.54) is 11.1 Å². The molecule has 7 heteroatoms. The van der Waals surface area contributed by atoms with E-state index < -0.39 is 12.1 Å². The molecule has 178 valence electrons. The number of aliphatic carboxylic acids is 1. The van der Waals surface area contributed by atoms with Crippen LogP contribution in [0.4, 0.5) is 4.79 Å². The van der Waals surface area contributed by atoms with E-state index in [-0.39, 0.29) is 48.8 Å². The van der Waals surface area contributed by atoms with Crippen molar-refractivity contribution in [1.29, 1.82) is 0 Å². The number of benzene rings is 2. The molecule has 0 saturated heterocycles. The number of amides is 2. The zero-order valence-electron chi connectivity index (χ0n) is 19.0. The van der Waals surface area contributed by atoms with E-state index in [4.69, 9.17) is 9.84 Å². The molecule has 2 saturated carbocycles. The number of nitrogens with one attached hydrogen (secondary N) is 2. The molecular weight excluding hydrogens is 432 g/mol. The van der Waals surface area contributed by atoms with Gasteiger partial charge in [0.15, 0.2) is 0 Å². The van der Waals surface area contributed by atoms with Crippen molar-refractivity contribution in [1.82, 2.24) is 10.6 Å². The molecule has 34 heavy (non-hydrogen) atoms. The Morgan fingerprint density at radius 1 is 0.971 bits per heavy atom. The Balaban J connectivity index is 1.17. The molecule has 0 aromatic heterocycles. The van der Waals surface area contributed by atoms with E-state index in [0.717, 1.165) is 30.4 Å². The van der Waals surface area contributed by atoms with Crippen LogP contribution in [0.3, 0.4) is 0 Å². The van der Waals surface area contributed by atoms with Crippen LogP contribution in [0.1, 0.15) is 55.6 Å². The summed E-state index contributed by atoms with van der Waals surface area (Å²) >= 11 is 0. The van der Waals surface area contributed by atoms with Crippen LogP contribution in [0.2, 0.25) is 0 Å². The van der Waals surface area contributed by atoms with Crippen LogP contribution in [0.5, 0.6) is 0 Å². The van der Waals surface area contributed by atoms with Gasteiger partial charge in [-0.3, -0.25) is 9.59 Å². The molecule has 0 spiro atoms. The first-order valence-electron chi connectivity index (χ1n) is 12.1. The number of carbonyl (C=O) groups is 3. The number of carbonyl (C=O) groups excluding carboxylic acids is 2. The third kappa shape index (κ3) is 4.52. The monoisotopic (exact) mass is 462 g/mol. The van der Waals surface area contributed by atoms with Gasteiger partial charge in [-0.05, 0) is 53.9 Å². The lowest BCUT2D eigenvalue weighted by atomic mass is 9.78. The standard InChI is InChI=1S/C27H30N2O5/c30-25(28-18-12-17(13-18)26(31)32)14-24(16-6-5-7-16)29-27(33)34-15-23-21-10-3-1-8-19(21)20-9-2-4-11-22(20)23/h1-4,8-11,16-18,23-24H,5-7,12-15H2,(H,28,30)(H,29,33)(H,31,32). The Morgan fingerprint density at radius 3 is 2.15 bits per heavy atom. The minimum Gasteiger partial charge on any atom is -0.481 e. The maximum atomic E-state index is 12.7. The first-order chi connectivity index (χ1) is 16.5. The second-order valence-corrected chi connectivity index (χ2v) is 9.74. The maximum absolute atomic E-state index is 12.7. The minimum atomic E-state index is -0.810. The summed E-state index contributed by atoms with van der Waals surface area (Å²) in [4.78, 5) is 36.3. The topological polar surface area (TPSA) is 105 Å². The third-order valence-corrected chi connectivity index (χ3v) is 7.62. The van der Waals surface area contributed by atoms with Gasteiger partial charge in [-0.1, -0.05) is 55.0 Å². The van der Waals surface area contributed by atoms with Crippen molar-refractivity contribution in [2.45, 2.75) is 56.5 Å².